The second-order valence-electron chi connectivity index (χ2n) is 11.7. The fourth-order valence-electron chi connectivity index (χ4n) is 6.73. The molecule has 0 bridgehead atoms. The standard InChI is InChI=1S/C27H27ClF2N8/c1-17-18(8-31)3-6-22(32-17)35-13-26(14-35)15-36(16-26)24-34-33-23-10-37(25(2)11-27(29,30)12-25)9-19-7-20(28)4-5-21(19)38(23)24/h3-7H,9-16H2,1-2H3. The van der Waals surface area contributed by atoms with Crippen molar-refractivity contribution in [3.8, 4) is 11.8 Å². The van der Waals surface area contributed by atoms with Crippen LogP contribution in [0.4, 0.5) is 20.5 Å². The van der Waals surface area contributed by atoms with Crippen LogP contribution in [0.2, 0.25) is 5.02 Å². The Morgan fingerprint density at radius 2 is 1.74 bits per heavy atom. The molecule has 0 unspecified atom stereocenters. The van der Waals surface area contributed by atoms with Gasteiger partial charge in [-0.3, -0.25) is 9.47 Å². The number of rotatable bonds is 3. The van der Waals surface area contributed by atoms with Crippen molar-refractivity contribution >= 4 is 23.4 Å². The van der Waals surface area contributed by atoms with Gasteiger partial charge in [-0.1, -0.05) is 11.6 Å². The average Bonchev–Trinajstić information content (AvgIpc) is 3.11. The highest BCUT2D eigenvalue weighted by molar-refractivity contribution is 6.30. The second-order valence-corrected chi connectivity index (χ2v) is 12.1. The minimum atomic E-state index is -2.62. The number of aromatic nitrogens is 4. The van der Waals surface area contributed by atoms with Crippen LogP contribution in [0.5, 0.6) is 0 Å². The van der Waals surface area contributed by atoms with Crippen LogP contribution >= 0.6 is 11.6 Å². The summed E-state index contributed by atoms with van der Waals surface area (Å²) in [7, 11) is 0. The number of anilines is 2. The molecule has 38 heavy (non-hydrogen) atoms. The van der Waals surface area contributed by atoms with Crippen LogP contribution in [-0.2, 0) is 13.1 Å². The first-order valence-electron chi connectivity index (χ1n) is 12.8. The monoisotopic (exact) mass is 536 g/mol. The minimum Gasteiger partial charge on any atom is -0.355 e. The van der Waals surface area contributed by atoms with Crippen LogP contribution in [0.3, 0.4) is 0 Å². The zero-order chi connectivity index (χ0) is 26.4. The molecule has 3 fully saturated rings. The van der Waals surface area contributed by atoms with E-state index in [0.29, 0.717) is 23.7 Å². The fourth-order valence-corrected chi connectivity index (χ4v) is 6.93. The number of halogens is 3. The van der Waals surface area contributed by atoms with Crippen LogP contribution in [-0.4, -0.2) is 62.3 Å². The summed E-state index contributed by atoms with van der Waals surface area (Å²) in [6.45, 7) is 8.26. The lowest BCUT2D eigenvalue weighted by molar-refractivity contribution is -0.173. The highest BCUT2D eigenvalue weighted by Gasteiger charge is 2.57. The summed E-state index contributed by atoms with van der Waals surface area (Å²) < 4.78 is 29.9. The SMILES string of the molecule is Cc1nc(N2CC3(C2)CN(c2nnc4n2-c2ccc(Cl)cc2CN(C2(C)CC(F)(F)C2)C4)C3)ccc1C#N. The van der Waals surface area contributed by atoms with Crippen LogP contribution in [0.1, 0.15) is 42.4 Å². The molecule has 1 aromatic carbocycles. The molecule has 0 amide bonds. The van der Waals surface area contributed by atoms with E-state index in [1.54, 1.807) is 0 Å². The largest absolute Gasteiger partial charge is 0.355 e. The zero-order valence-electron chi connectivity index (χ0n) is 21.3. The Morgan fingerprint density at radius 3 is 2.42 bits per heavy atom. The highest BCUT2D eigenvalue weighted by atomic mass is 35.5. The Hall–Kier alpha value is -3.29. The lowest BCUT2D eigenvalue weighted by Crippen LogP contribution is -2.73. The lowest BCUT2D eigenvalue weighted by atomic mass is 9.73. The van der Waals surface area contributed by atoms with Gasteiger partial charge in [-0.15, -0.1) is 10.2 Å². The fraction of sp³-hybridized carbons (Fsp3) is 0.481. The van der Waals surface area contributed by atoms with Gasteiger partial charge in [-0.05, 0) is 49.7 Å². The van der Waals surface area contributed by atoms with E-state index in [9.17, 15) is 14.0 Å². The number of nitrogens with zero attached hydrogens (tertiary/aromatic N) is 8. The van der Waals surface area contributed by atoms with Gasteiger partial charge in [0.1, 0.15) is 11.9 Å². The number of aryl methyl sites for hydroxylation is 1. The van der Waals surface area contributed by atoms with Gasteiger partial charge in [0, 0.05) is 61.5 Å². The molecule has 0 atom stereocenters. The zero-order valence-corrected chi connectivity index (χ0v) is 22.0. The Balaban J connectivity index is 1.13. The van der Waals surface area contributed by atoms with E-state index in [4.69, 9.17) is 11.6 Å². The number of fused-ring (bicyclic) bond motifs is 3. The number of pyridine rings is 1. The highest BCUT2D eigenvalue weighted by Crippen LogP contribution is 2.51. The van der Waals surface area contributed by atoms with Crippen LogP contribution in [0, 0.1) is 23.7 Å². The molecular weight excluding hydrogens is 510 g/mol. The quantitative estimate of drug-likeness (QED) is 0.493. The van der Waals surface area contributed by atoms with E-state index in [2.05, 4.69) is 40.5 Å². The predicted octanol–water partition coefficient (Wildman–Crippen LogP) is 4.33. The van der Waals surface area contributed by atoms with E-state index >= 15 is 0 Å². The van der Waals surface area contributed by atoms with E-state index < -0.39 is 11.5 Å². The average molecular weight is 537 g/mol. The van der Waals surface area contributed by atoms with E-state index in [-0.39, 0.29) is 18.3 Å². The third-order valence-electron chi connectivity index (χ3n) is 8.63. The maximum absolute atomic E-state index is 13.9. The van der Waals surface area contributed by atoms with Crippen molar-refractivity contribution in [1.82, 2.24) is 24.6 Å². The lowest BCUT2D eigenvalue weighted by Gasteiger charge is -2.60. The Kier molecular flexibility index (Phi) is 4.93. The van der Waals surface area contributed by atoms with Crippen molar-refractivity contribution in [3.05, 3.63) is 58.0 Å². The van der Waals surface area contributed by atoms with E-state index in [0.717, 1.165) is 60.7 Å². The Morgan fingerprint density at radius 1 is 1.00 bits per heavy atom. The number of hydrogen-bond acceptors (Lipinski definition) is 7. The molecule has 8 nitrogen and oxygen atoms in total. The number of benzene rings is 1. The number of alkyl halides is 2. The summed E-state index contributed by atoms with van der Waals surface area (Å²) in [6, 6.07) is 11.7. The van der Waals surface area contributed by atoms with Gasteiger partial charge in [-0.2, -0.15) is 5.26 Å². The van der Waals surface area contributed by atoms with Crippen molar-refractivity contribution in [2.45, 2.75) is 51.2 Å². The molecule has 2 saturated heterocycles. The molecule has 7 rings (SSSR count). The first-order valence-corrected chi connectivity index (χ1v) is 13.2. The number of nitriles is 1. The van der Waals surface area contributed by atoms with Crippen LogP contribution < -0.4 is 9.80 Å². The molecular formula is C27H27ClF2N8. The van der Waals surface area contributed by atoms with Crippen molar-refractivity contribution in [2.75, 3.05) is 36.0 Å². The summed E-state index contributed by atoms with van der Waals surface area (Å²) in [5, 5.41) is 18.9. The van der Waals surface area contributed by atoms with Crippen molar-refractivity contribution in [2.24, 2.45) is 5.41 Å². The summed E-state index contributed by atoms with van der Waals surface area (Å²) in [5.41, 5.74) is 2.86. The molecule has 1 saturated carbocycles. The smallest absolute Gasteiger partial charge is 0.251 e. The second kappa shape index (κ2) is 7.87. The van der Waals surface area contributed by atoms with Gasteiger partial charge in [0.05, 0.1) is 23.5 Å². The van der Waals surface area contributed by atoms with Gasteiger partial charge in [0.15, 0.2) is 5.82 Å². The maximum atomic E-state index is 13.9. The first-order chi connectivity index (χ1) is 18.1. The molecule has 2 aromatic heterocycles. The van der Waals surface area contributed by atoms with E-state index in [1.807, 2.05) is 44.2 Å². The van der Waals surface area contributed by atoms with Crippen molar-refractivity contribution < 1.29 is 8.78 Å². The minimum absolute atomic E-state index is 0.157. The molecule has 5 heterocycles. The van der Waals surface area contributed by atoms with Crippen molar-refractivity contribution in [1.29, 1.82) is 5.26 Å². The Bertz CT molecular complexity index is 1490. The van der Waals surface area contributed by atoms with Crippen molar-refractivity contribution in [3.63, 3.8) is 0 Å². The first kappa shape index (κ1) is 23.8. The molecule has 4 aliphatic rings. The third kappa shape index (κ3) is 3.59. The Labute approximate surface area is 224 Å². The summed E-state index contributed by atoms with van der Waals surface area (Å²) in [6.07, 6.45) is -0.314. The molecule has 3 aromatic rings. The van der Waals surface area contributed by atoms with Gasteiger partial charge in [0.25, 0.3) is 5.92 Å². The molecule has 1 aliphatic carbocycles. The maximum Gasteiger partial charge on any atom is 0.251 e. The van der Waals surface area contributed by atoms with Crippen LogP contribution in [0.25, 0.3) is 5.69 Å². The summed E-state index contributed by atoms with van der Waals surface area (Å²) >= 11 is 6.37. The van der Waals surface area contributed by atoms with Gasteiger partial charge >= 0.3 is 0 Å². The molecule has 0 N–H and O–H groups in total. The number of hydrogen-bond donors (Lipinski definition) is 0. The predicted molar refractivity (Wildman–Crippen MR) is 139 cm³/mol. The molecule has 0 radical (unpaired) electrons. The molecule has 1 spiro atoms. The van der Waals surface area contributed by atoms with Gasteiger partial charge < -0.3 is 9.80 Å². The third-order valence-corrected chi connectivity index (χ3v) is 8.87. The van der Waals surface area contributed by atoms with Gasteiger partial charge in [0.2, 0.25) is 5.95 Å². The molecule has 196 valence electrons. The summed E-state index contributed by atoms with van der Waals surface area (Å²) in [4.78, 5) is 11.2. The molecule has 11 heteroatoms. The normalized spacial score (nSPS) is 22.4. The van der Waals surface area contributed by atoms with E-state index in [1.165, 1.54) is 0 Å². The topological polar surface area (TPSA) is 77.1 Å². The van der Waals surface area contributed by atoms with Crippen LogP contribution in [0.15, 0.2) is 30.3 Å². The summed E-state index contributed by atoms with van der Waals surface area (Å²) in [5.74, 6) is -0.175. The van der Waals surface area contributed by atoms with Gasteiger partial charge in [-0.25, -0.2) is 13.8 Å². The molecule has 3 aliphatic heterocycles.